The third kappa shape index (κ3) is 16.8. The zero-order chi connectivity index (χ0) is 67.8. The third-order valence-electron chi connectivity index (χ3n) is 18.1. The first-order valence-corrected chi connectivity index (χ1v) is 39.7. The predicted octanol–water partition coefficient (Wildman–Crippen LogP) is 15.2. The van der Waals surface area contributed by atoms with Gasteiger partial charge in [0.1, 0.15) is 0 Å². The van der Waals surface area contributed by atoms with Crippen molar-refractivity contribution in [3.8, 4) is 33.8 Å². The van der Waals surface area contributed by atoms with Gasteiger partial charge in [-0.1, -0.05) is 137 Å². The number of nitrogens with two attached hydrogens (primary N) is 1. The lowest BCUT2D eigenvalue weighted by Gasteiger charge is -2.31. The van der Waals surface area contributed by atoms with Gasteiger partial charge in [0.25, 0.3) is 0 Å². The van der Waals surface area contributed by atoms with E-state index in [2.05, 4.69) is 184 Å². The number of hydrogen-bond acceptors (Lipinski definition) is 20. The van der Waals surface area contributed by atoms with Crippen LogP contribution in [0.15, 0.2) is 219 Å². The van der Waals surface area contributed by atoms with Crippen molar-refractivity contribution in [2.75, 3.05) is 148 Å². The van der Waals surface area contributed by atoms with E-state index in [0.717, 1.165) is 152 Å². The molecule has 0 saturated carbocycles. The quantitative estimate of drug-likeness (QED) is 0.0418. The van der Waals surface area contributed by atoms with Crippen molar-refractivity contribution in [3.05, 3.63) is 177 Å². The van der Waals surface area contributed by atoms with E-state index in [4.69, 9.17) is 24.7 Å². The molecule has 3 aromatic heterocycles. The van der Waals surface area contributed by atoms with Crippen LogP contribution in [0.1, 0.15) is 26.7 Å². The molecule has 2 unspecified atom stereocenters. The summed E-state index contributed by atoms with van der Waals surface area (Å²) in [5.41, 5.74) is 17.4. The normalized spacial score (nSPS) is 16.9. The summed E-state index contributed by atoms with van der Waals surface area (Å²) in [4.78, 5) is 70.4. The molecule has 99 heavy (non-hydrogen) atoms. The van der Waals surface area contributed by atoms with Crippen LogP contribution in [0.4, 0.5) is 34.1 Å². The number of nitrogens with one attached hydrogen (secondary N) is 5. The topological polar surface area (TPSA) is 199 Å². The minimum Gasteiger partial charge on any atom is -0.399 e. The lowest BCUT2D eigenvalue weighted by Crippen LogP contribution is -2.43. The van der Waals surface area contributed by atoms with Gasteiger partial charge >= 0.3 is 0 Å². The first-order valence-electron chi connectivity index (χ1n) is 33.7. The van der Waals surface area contributed by atoms with Crippen LogP contribution in [0.2, 0.25) is 0 Å². The lowest BCUT2D eigenvalue weighted by atomic mass is 10.1. The van der Waals surface area contributed by atoms with Gasteiger partial charge in [-0.25, -0.2) is 0 Å². The highest BCUT2D eigenvalue weighted by atomic mass is 79.9. The largest absolute Gasteiger partial charge is 0.399 e. The molecule has 4 saturated heterocycles. The second-order valence-electron chi connectivity index (χ2n) is 24.8. The molecule has 7 aliphatic heterocycles. The number of anilines is 6. The zero-order valence-electron chi connectivity index (χ0n) is 55.2. The van der Waals surface area contributed by atoms with Crippen molar-refractivity contribution in [1.82, 2.24) is 19.9 Å². The van der Waals surface area contributed by atoms with Gasteiger partial charge in [0, 0.05) is 204 Å². The summed E-state index contributed by atoms with van der Waals surface area (Å²) >= 11 is 14.2. The molecule has 16 rings (SSSR count). The second-order valence-corrected chi connectivity index (χ2v) is 31.8. The fraction of sp³-hybridized carbons (Fsp3) is 0.320. The molecule has 0 radical (unpaired) electrons. The van der Waals surface area contributed by atoms with E-state index < -0.39 is 0 Å². The van der Waals surface area contributed by atoms with Gasteiger partial charge in [-0.2, -0.15) is 0 Å². The smallest absolute Gasteiger partial charge is 0.250 e. The van der Waals surface area contributed by atoms with Crippen LogP contribution >= 0.6 is 86.5 Å². The van der Waals surface area contributed by atoms with Crippen LogP contribution < -0.4 is 47.7 Å². The van der Waals surface area contributed by atoms with E-state index in [0.29, 0.717) is 51.7 Å². The molecule has 0 aliphatic carbocycles. The minimum atomic E-state index is -0.0850. The fourth-order valence-electron chi connectivity index (χ4n) is 12.8. The highest BCUT2D eigenvalue weighted by Crippen LogP contribution is 2.55. The van der Waals surface area contributed by atoms with E-state index in [9.17, 15) is 14.4 Å². The van der Waals surface area contributed by atoms with Gasteiger partial charge in [-0.05, 0) is 104 Å². The molecule has 7 N–H and O–H groups in total. The van der Waals surface area contributed by atoms with Crippen molar-refractivity contribution in [3.63, 3.8) is 0 Å². The molecule has 9 aromatic rings. The van der Waals surface area contributed by atoms with Crippen LogP contribution in [0.3, 0.4) is 0 Å². The Labute approximate surface area is 610 Å². The van der Waals surface area contributed by atoms with E-state index in [1.54, 1.807) is 88.8 Å². The van der Waals surface area contributed by atoms with Gasteiger partial charge in [-0.15, -0.1) is 0 Å². The molecule has 0 bridgehead atoms. The Hall–Kier alpha value is -6.65. The number of aromatic amines is 3. The maximum Gasteiger partial charge on any atom is 0.250 e. The number of ether oxygens (including phenoxy) is 4. The van der Waals surface area contributed by atoms with E-state index in [1.807, 2.05) is 18.2 Å². The SMILES string of the molecule is CCC(CBr)Nc1ccc2c(c1)Sc1cccc(-c3cc(N4CCOCC4)cc(=O)[nH]3)c1S2.CCC(CN1CCOCC1)Nc1ccc2c(c1)Sc1cccc(-c3cc(N4CCOCC4)cc(=O)[nH]3)c1S2.Nc1ccc2c(c1)Sc1cccc(-c3cc(N4CCOCC4)cc(=O)[nH]3)c1S2. The number of hydrogen-bond donors (Lipinski definition) is 6. The van der Waals surface area contributed by atoms with E-state index >= 15 is 0 Å². The van der Waals surface area contributed by atoms with Crippen LogP contribution in [0, 0.1) is 0 Å². The Morgan fingerprint density at radius 3 is 1.14 bits per heavy atom. The predicted molar refractivity (Wildman–Crippen MR) is 412 cm³/mol. The van der Waals surface area contributed by atoms with Gasteiger partial charge in [0.05, 0.1) is 69.9 Å². The van der Waals surface area contributed by atoms with Crippen LogP contribution in [0.5, 0.6) is 0 Å². The molecule has 10 heterocycles. The Bertz CT molecular complexity index is 4550. The third-order valence-corrected chi connectivity index (χ3v) is 26.6. The maximum absolute atomic E-state index is 12.6. The summed E-state index contributed by atoms with van der Waals surface area (Å²) < 4.78 is 21.9. The number of alkyl halides is 1. The zero-order valence-corrected chi connectivity index (χ0v) is 61.7. The number of morpholine rings is 4. The second kappa shape index (κ2) is 32.6. The Balaban J connectivity index is 0.000000128. The maximum atomic E-state index is 12.6. The van der Waals surface area contributed by atoms with Crippen molar-refractivity contribution in [1.29, 1.82) is 0 Å². The Kier molecular flexibility index (Phi) is 22.8. The number of aromatic nitrogens is 3. The van der Waals surface area contributed by atoms with Crippen LogP contribution in [0.25, 0.3) is 33.8 Å². The van der Waals surface area contributed by atoms with Crippen molar-refractivity contribution in [2.24, 2.45) is 0 Å². The molecule has 2 atom stereocenters. The average Bonchev–Trinajstić information content (AvgIpc) is 0.783. The summed E-state index contributed by atoms with van der Waals surface area (Å²) in [6.07, 6.45) is 2.14. The Morgan fingerprint density at radius 1 is 0.414 bits per heavy atom. The minimum absolute atomic E-state index is 0.0752. The number of pyridine rings is 3. The van der Waals surface area contributed by atoms with Crippen LogP contribution in [-0.2, 0) is 18.9 Å². The number of nitrogens with zero attached hydrogens (tertiary/aromatic N) is 4. The number of benzene rings is 6. The lowest BCUT2D eigenvalue weighted by molar-refractivity contribution is 0.0360. The molecule has 7 aliphatic rings. The average molecular weight is 1500 g/mol. The highest BCUT2D eigenvalue weighted by Gasteiger charge is 2.27. The van der Waals surface area contributed by atoms with Crippen molar-refractivity contribution >= 4 is 121 Å². The van der Waals surface area contributed by atoms with Gasteiger partial charge < -0.3 is 65.0 Å². The standard InChI is InChI=1S/C29H34N4O3S2.C25H26BrN3O2S2.C21H19N3O2S2/c1-2-20(19-32-8-12-35-13-9-32)30-21-6-7-25-27(16-21)37-26-5-3-4-23(29(26)38-25)24-17-22(18-28(34)31-24)33-10-14-36-15-11-33;1-2-16(15-26)27-17-6-7-21-23(12-17)32-22-5-3-4-19(25(22)33-21)20-13-18(14-24(30)28-20)29-8-10-31-11-9-29;22-13-4-5-17-19(10-13)27-18-3-1-2-15(21(18)28-17)16-11-14(12-20(25)23-16)24-6-8-26-9-7-24/h3-7,16-18,20,30H,2,8-15,19H2,1H3,(H,31,34);3-7,12-14,16,27H,2,8-11,15H2,1H3,(H,28,30);1-5,10-12H,6-9,22H2,(H,23,25). The van der Waals surface area contributed by atoms with Crippen molar-refractivity contribution in [2.45, 2.75) is 97.5 Å². The number of rotatable bonds is 15. The number of fused-ring (bicyclic) bond motifs is 6. The summed E-state index contributed by atoms with van der Waals surface area (Å²) in [5, 5.41) is 8.31. The molecule has 514 valence electrons. The molecule has 0 amide bonds. The van der Waals surface area contributed by atoms with Crippen molar-refractivity contribution < 1.29 is 18.9 Å². The molecule has 24 heteroatoms. The number of H-pyrrole nitrogens is 3. The monoisotopic (exact) mass is 1500 g/mol. The summed E-state index contributed by atoms with van der Waals surface area (Å²) in [6.45, 7) is 18.1. The molecule has 6 aromatic carbocycles. The van der Waals surface area contributed by atoms with Gasteiger partial charge in [0.2, 0.25) is 16.7 Å². The van der Waals surface area contributed by atoms with Gasteiger partial charge in [-0.3, -0.25) is 19.3 Å². The molecular weight excluding hydrogens is 1430 g/mol. The van der Waals surface area contributed by atoms with Crippen LogP contribution in [-0.4, -0.2) is 149 Å². The van der Waals surface area contributed by atoms with E-state index in [1.165, 1.54) is 64.4 Å². The molecule has 4 fully saturated rings. The van der Waals surface area contributed by atoms with Gasteiger partial charge in [0.15, 0.2) is 0 Å². The molecular formula is C75H79BrN10O7S6. The Morgan fingerprint density at radius 2 is 0.768 bits per heavy atom. The number of nitrogen functional groups attached to an aromatic ring is 1. The number of halogens is 1. The first kappa shape index (κ1) is 69.4. The highest BCUT2D eigenvalue weighted by molar-refractivity contribution is 9.09. The molecule has 0 spiro atoms. The molecule has 17 nitrogen and oxygen atoms in total. The summed E-state index contributed by atoms with van der Waals surface area (Å²) in [5.74, 6) is 0. The summed E-state index contributed by atoms with van der Waals surface area (Å²) in [7, 11) is 0. The fourth-order valence-corrected chi connectivity index (χ4v) is 20.6. The van der Waals surface area contributed by atoms with E-state index in [-0.39, 0.29) is 16.7 Å². The summed E-state index contributed by atoms with van der Waals surface area (Å²) in [6, 6.07) is 50.4. The first-order chi connectivity index (χ1) is 48.5.